The van der Waals surface area contributed by atoms with Crippen LogP contribution in [0.5, 0.6) is 0 Å². The fraction of sp³-hybridized carbons (Fsp3) is 0.385. The zero-order valence-electron chi connectivity index (χ0n) is 11.5. The molecule has 6 nitrogen and oxygen atoms in total. The highest BCUT2D eigenvalue weighted by molar-refractivity contribution is 5.97. The van der Waals surface area contributed by atoms with E-state index in [2.05, 4.69) is 9.99 Å². The number of nitrogens with two attached hydrogens (primary N) is 1. The Labute approximate surface area is 124 Å². The van der Waals surface area contributed by atoms with E-state index < -0.39 is 17.8 Å². The molecule has 1 aromatic rings. The average Bonchev–Trinajstić information content (AvgIpc) is 2.52. The van der Waals surface area contributed by atoms with Crippen LogP contribution in [0.2, 0.25) is 0 Å². The van der Waals surface area contributed by atoms with Gasteiger partial charge in [0.1, 0.15) is 0 Å². The van der Waals surface area contributed by atoms with Gasteiger partial charge in [0.05, 0.1) is 18.8 Å². The van der Waals surface area contributed by atoms with Crippen LogP contribution >= 0.6 is 0 Å². The second kappa shape index (κ2) is 6.65. The summed E-state index contributed by atoms with van der Waals surface area (Å²) in [6, 6.07) is 4.29. The first-order valence-electron chi connectivity index (χ1n) is 6.42. The zero-order chi connectivity index (χ0) is 16.2. The third-order valence-electron chi connectivity index (χ3n) is 2.98. The molecule has 1 aliphatic heterocycles. The lowest BCUT2D eigenvalue weighted by Crippen LogP contribution is -2.40. The maximum Gasteiger partial charge on any atom is 0.436 e. The molecule has 0 bridgehead atoms. The number of hydrogen-bond donors (Lipinski definition) is 1. The van der Waals surface area contributed by atoms with Crippen LogP contribution in [0.15, 0.2) is 29.4 Å². The highest BCUT2D eigenvalue weighted by Crippen LogP contribution is 2.29. The topological polar surface area (TPSA) is 77.2 Å². The van der Waals surface area contributed by atoms with Gasteiger partial charge in [-0.15, -0.1) is 0 Å². The number of oxime groups is 1. The van der Waals surface area contributed by atoms with Gasteiger partial charge in [0.15, 0.2) is 5.84 Å². The van der Waals surface area contributed by atoms with Crippen molar-refractivity contribution in [2.45, 2.75) is 6.18 Å². The fourth-order valence-electron chi connectivity index (χ4n) is 1.80. The first-order valence-corrected chi connectivity index (χ1v) is 6.42. The van der Waals surface area contributed by atoms with Gasteiger partial charge in [0.25, 0.3) is 0 Å². The Kier molecular flexibility index (Phi) is 4.86. The van der Waals surface area contributed by atoms with E-state index in [-0.39, 0.29) is 11.4 Å². The monoisotopic (exact) mass is 317 g/mol. The largest absolute Gasteiger partial charge is 0.436 e. The van der Waals surface area contributed by atoms with Crippen LogP contribution in [0.25, 0.3) is 0 Å². The molecule has 0 spiro atoms. The summed E-state index contributed by atoms with van der Waals surface area (Å²) in [6.45, 7) is 1.50. The average molecular weight is 317 g/mol. The molecule has 0 aromatic heterocycles. The summed E-state index contributed by atoms with van der Waals surface area (Å²) in [5.41, 5.74) is 4.71. The summed E-state index contributed by atoms with van der Waals surface area (Å²) in [4.78, 5) is 17.7. The molecule has 1 saturated heterocycles. The van der Waals surface area contributed by atoms with Crippen molar-refractivity contribution in [3.8, 4) is 0 Å². The van der Waals surface area contributed by atoms with Crippen LogP contribution in [0.4, 0.5) is 18.0 Å². The molecular weight excluding hydrogens is 303 g/mol. The number of ether oxygens (including phenoxy) is 1. The van der Waals surface area contributed by atoms with Gasteiger partial charge in [-0.2, -0.15) is 13.2 Å². The standard InChI is InChI=1S/C13H14F3N3O3/c14-13(15,16)10-3-1-2-9(8-10)11(17)18-22-12(20)19-4-6-21-7-5-19/h1-3,8H,4-7H2,(H2,17,18). The molecule has 0 atom stereocenters. The summed E-state index contributed by atoms with van der Waals surface area (Å²) in [5.74, 6) is -0.312. The Morgan fingerprint density at radius 2 is 2.00 bits per heavy atom. The fourth-order valence-corrected chi connectivity index (χ4v) is 1.80. The number of halogens is 3. The van der Waals surface area contributed by atoms with E-state index in [1.165, 1.54) is 17.0 Å². The first-order chi connectivity index (χ1) is 10.4. The summed E-state index contributed by atoms with van der Waals surface area (Å²) in [6.07, 6.45) is -5.21. The smallest absolute Gasteiger partial charge is 0.380 e. The number of benzene rings is 1. The lowest BCUT2D eigenvalue weighted by Gasteiger charge is -2.24. The van der Waals surface area contributed by atoms with Crippen molar-refractivity contribution in [2.24, 2.45) is 10.9 Å². The molecule has 1 heterocycles. The Morgan fingerprint density at radius 1 is 1.32 bits per heavy atom. The number of alkyl halides is 3. The van der Waals surface area contributed by atoms with E-state index in [1.54, 1.807) is 0 Å². The van der Waals surface area contributed by atoms with E-state index in [0.29, 0.717) is 26.3 Å². The molecule has 1 amide bonds. The SMILES string of the molecule is NC(=NOC(=O)N1CCOCC1)c1cccc(C(F)(F)F)c1. The number of hydrogen-bond acceptors (Lipinski definition) is 4. The normalized spacial score (nSPS) is 16.5. The molecule has 1 aliphatic rings. The number of amides is 1. The zero-order valence-corrected chi connectivity index (χ0v) is 11.5. The molecule has 22 heavy (non-hydrogen) atoms. The minimum absolute atomic E-state index is 0.0182. The third kappa shape index (κ3) is 4.10. The van der Waals surface area contributed by atoms with E-state index in [9.17, 15) is 18.0 Å². The van der Waals surface area contributed by atoms with Crippen LogP contribution < -0.4 is 5.73 Å². The van der Waals surface area contributed by atoms with Crippen molar-refractivity contribution in [3.63, 3.8) is 0 Å². The van der Waals surface area contributed by atoms with Crippen molar-refractivity contribution in [1.29, 1.82) is 0 Å². The summed E-state index contributed by atoms with van der Waals surface area (Å²) < 4.78 is 42.9. The predicted octanol–water partition coefficient (Wildman–Crippen LogP) is 1.79. The first kappa shape index (κ1) is 16.1. The quantitative estimate of drug-likeness (QED) is 0.390. The molecule has 1 aromatic carbocycles. The van der Waals surface area contributed by atoms with Crippen LogP contribution in [0, 0.1) is 0 Å². The number of amidine groups is 1. The summed E-state index contributed by atoms with van der Waals surface area (Å²) >= 11 is 0. The van der Waals surface area contributed by atoms with E-state index >= 15 is 0 Å². The number of morpholine rings is 1. The predicted molar refractivity (Wildman–Crippen MR) is 71.0 cm³/mol. The molecule has 9 heteroatoms. The van der Waals surface area contributed by atoms with Crippen LogP contribution in [-0.2, 0) is 15.8 Å². The lowest BCUT2D eigenvalue weighted by molar-refractivity contribution is -0.137. The lowest BCUT2D eigenvalue weighted by atomic mass is 10.1. The van der Waals surface area contributed by atoms with Gasteiger partial charge in [-0.1, -0.05) is 17.3 Å². The van der Waals surface area contributed by atoms with E-state index in [0.717, 1.165) is 12.1 Å². The molecule has 0 saturated carbocycles. The number of carbonyl (C=O) groups excluding carboxylic acids is 1. The van der Waals surface area contributed by atoms with Crippen molar-refractivity contribution >= 4 is 11.9 Å². The molecular formula is C13H14F3N3O3. The molecule has 0 unspecified atom stereocenters. The summed E-state index contributed by atoms with van der Waals surface area (Å²) in [7, 11) is 0. The maximum atomic E-state index is 12.6. The van der Waals surface area contributed by atoms with Crippen molar-refractivity contribution in [3.05, 3.63) is 35.4 Å². The second-order valence-corrected chi connectivity index (χ2v) is 4.51. The van der Waals surface area contributed by atoms with Gasteiger partial charge in [-0.25, -0.2) is 4.79 Å². The molecule has 120 valence electrons. The van der Waals surface area contributed by atoms with Gasteiger partial charge in [-0.3, -0.25) is 4.84 Å². The van der Waals surface area contributed by atoms with Gasteiger partial charge in [-0.05, 0) is 12.1 Å². The number of carbonyl (C=O) groups is 1. The van der Waals surface area contributed by atoms with Crippen molar-refractivity contribution < 1.29 is 27.5 Å². The Balaban J connectivity index is 2.04. The minimum atomic E-state index is -4.49. The van der Waals surface area contributed by atoms with Crippen molar-refractivity contribution in [2.75, 3.05) is 26.3 Å². The van der Waals surface area contributed by atoms with E-state index in [4.69, 9.17) is 10.5 Å². The highest BCUT2D eigenvalue weighted by Gasteiger charge is 2.30. The van der Waals surface area contributed by atoms with Gasteiger partial charge < -0.3 is 15.4 Å². The van der Waals surface area contributed by atoms with Gasteiger partial charge in [0.2, 0.25) is 0 Å². The highest BCUT2D eigenvalue weighted by atomic mass is 19.4. The second-order valence-electron chi connectivity index (χ2n) is 4.51. The van der Waals surface area contributed by atoms with Crippen molar-refractivity contribution in [1.82, 2.24) is 4.90 Å². The minimum Gasteiger partial charge on any atom is -0.380 e. The summed E-state index contributed by atoms with van der Waals surface area (Å²) in [5, 5.41) is 3.39. The molecule has 1 fully saturated rings. The molecule has 2 rings (SSSR count). The molecule has 2 N–H and O–H groups in total. The van der Waals surface area contributed by atoms with E-state index in [1.807, 2.05) is 0 Å². The number of nitrogens with zero attached hydrogens (tertiary/aromatic N) is 2. The third-order valence-corrected chi connectivity index (χ3v) is 2.98. The Hall–Kier alpha value is -2.29. The maximum absolute atomic E-state index is 12.6. The van der Waals surface area contributed by atoms with Crippen LogP contribution in [-0.4, -0.2) is 43.1 Å². The van der Waals surface area contributed by atoms with Crippen LogP contribution in [0.3, 0.4) is 0 Å². The van der Waals surface area contributed by atoms with Gasteiger partial charge in [0, 0.05) is 18.7 Å². The number of rotatable bonds is 2. The molecule has 0 aliphatic carbocycles. The van der Waals surface area contributed by atoms with Gasteiger partial charge >= 0.3 is 12.3 Å². The Bertz CT molecular complexity index is 569. The Morgan fingerprint density at radius 3 is 2.64 bits per heavy atom. The van der Waals surface area contributed by atoms with Crippen LogP contribution in [0.1, 0.15) is 11.1 Å². The molecule has 0 radical (unpaired) electrons.